The predicted molar refractivity (Wildman–Crippen MR) is 289 cm³/mol. The molecule has 2 rings (SSSR count). The Morgan fingerprint density at radius 3 is 1.56 bits per heavy atom. The number of rotatable bonds is 34. The van der Waals surface area contributed by atoms with Crippen molar-refractivity contribution in [3.05, 3.63) is 0 Å². The number of carbonyl (C=O) groups is 12. The molecular weight excluding hydrogens is 1090 g/mol. The minimum absolute atomic E-state index is 0.00444. The van der Waals surface area contributed by atoms with Crippen molar-refractivity contribution in [2.75, 3.05) is 39.3 Å². The first-order valence-electron chi connectivity index (χ1n) is 26.7. The van der Waals surface area contributed by atoms with Gasteiger partial charge in [-0.1, -0.05) is 20.3 Å². The highest BCUT2D eigenvalue weighted by Crippen LogP contribution is 2.26. The summed E-state index contributed by atoms with van der Waals surface area (Å²) in [6.07, 6.45) is -2.64. The summed E-state index contributed by atoms with van der Waals surface area (Å²) in [6, 6.07) is -14.5. The van der Waals surface area contributed by atoms with E-state index >= 15 is 0 Å². The average Bonchev–Trinajstić information content (AvgIpc) is 4.11. The van der Waals surface area contributed by atoms with Crippen LogP contribution in [0.2, 0.25) is 0 Å². The summed E-state index contributed by atoms with van der Waals surface area (Å²) >= 11 is 0. The van der Waals surface area contributed by atoms with Gasteiger partial charge in [0.05, 0.1) is 37.8 Å². The van der Waals surface area contributed by atoms with E-state index in [0.717, 1.165) is 11.8 Å². The molecule has 23 N–H and O–H groups in total. The zero-order chi connectivity index (χ0) is 62.1. The highest BCUT2D eigenvalue weighted by Gasteiger charge is 2.45. The number of nitrogens with two attached hydrogens (primary N) is 5. The van der Waals surface area contributed by atoms with Gasteiger partial charge in [-0.15, -0.1) is 0 Å². The van der Waals surface area contributed by atoms with Crippen molar-refractivity contribution in [2.45, 2.75) is 171 Å². The summed E-state index contributed by atoms with van der Waals surface area (Å²) in [4.78, 5) is 168. The molecule has 13 atom stereocenters. The van der Waals surface area contributed by atoms with E-state index in [2.05, 4.69) is 52.5 Å². The van der Waals surface area contributed by atoms with Crippen molar-refractivity contribution in [1.29, 1.82) is 0 Å². The monoisotopic (exact) mass is 1170 g/mol. The lowest BCUT2D eigenvalue weighted by Crippen LogP contribution is -2.61. The average molecular weight is 1170 g/mol. The number of nitrogens with one attached hydrogen (secondary N) is 8. The number of hydrogen-bond acceptors (Lipinski definition) is 18. The van der Waals surface area contributed by atoms with Gasteiger partial charge in [0.2, 0.25) is 59.1 Å². The topological polar surface area (TPSA) is 564 Å². The van der Waals surface area contributed by atoms with Gasteiger partial charge < -0.3 is 107 Å². The van der Waals surface area contributed by atoms with E-state index in [-0.39, 0.29) is 76.6 Å². The zero-order valence-corrected chi connectivity index (χ0v) is 46.6. The van der Waals surface area contributed by atoms with E-state index in [1.807, 2.05) is 0 Å². The minimum atomic E-state index is -1.73. The molecule has 2 fully saturated rings. The number of aliphatic carboxylic acids is 2. The third-order valence-electron chi connectivity index (χ3n) is 13.4. The molecule has 2 aliphatic heterocycles. The Morgan fingerprint density at radius 1 is 0.598 bits per heavy atom. The van der Waals surface area contributed by atoms with Gasteiger partial charge in [-0.05, 0) is 78.1 Å². The number of likely N-dealkylation sites (tertiary alicyclic amines) is 2. The molecule has 34 nitrogen and oxygen atoms in total. The molecule has 10 amide bonds. The lowest BCUT2D eigenvalue weighted by molar-refractivity contribution is -0.148. The molecule has 2 saturated heterocycles. The minimum Gasteiger partial charge on any atom is -0.481 e. The van der Waals surface area contributed by atoms with Crippen LogP contribution in [0.5, 0.6) is 0 Å². The molecule has 2 aliphatic rings. The molecule has 462 valence electrons. The molecule has 0 aliphatic carbocycles. The number of aliphatic hydroxyl groups excluding tert-OH is 3. The van der Waals surface area contributed by atoms with Crippen molar-refractivity contribution in [1.82, 2.24) is 52.3 Å². The maximum Gasteiger partial charge on any atom is 0.326 e. The van der Waals surface area contributed by atoms with Crippen LogP contribution in [-0.2, 0) is 57.5 Å². The highest BCUT2D eigenvalue weighted by atomic mass is 16.4. The van der Waals surface area contributed by atoms with Crippen LogP contribution in [0.15, 0.2) is 9.98 Å². The first kappa shape index (κ1) is 70.1. The van der Waals surface area contributed by atoms with Crippen LogP contribution in [0.1, 0.15) is 98.8 Å². The largest absolute Gasteiger partial charge is 0.481 e. The first-order chi connectivity index (χ1) is 38.4. The van der Waals surface area contributed by atoms with Crippen molar-refractivity contribution >= 4 is 82.9 Å². The molecular formula is C48H83N17O17. The molecule has 34 heteroatoms. The van der Waals surface area contributed by atoms with Gasteiger partial charge in [0, 0.05) is 26.2 Å². The van der Waals surface area contributed by atoms with E-state index in [4.69, 9.17) is 33.8 Å². The standard InChI is InChI=1S/C48H83N17O17/c1-6-22(2)34(46(81)82)61-43(78)36(25(5)68)63-40(75)28(12-8-16-55-48(52)53)60-41(76)30-13-9-17-64(30)45(80)31-14-10-18-65(31)44(79)29(21-66)58-32(69)20-56-37(72)23(3)57-42(77)35(24(4)67)62-39(74)27(11-7-15-54-47(50)51)59-38(73)26(49)19-33(70)71/h22-31,34-36,66-68H,6-21,49H2,1-5H3,(H,56,72)(H,57,77)(H,58,69)(H,59,73)(H,60,76)(H,61,78)(H,62,74)(H,63,75)(H,70,71)(H,81,82)(H4,50,51,54)(H4,52,53,55)/t22-,23-,24+,25+,26-,27-,28-,29-,30-,31-,34-,35-,36-/m0/s1. The number of hydrogen-bond donors (Lipinski definition) is 18. The van der Waals surface area contributed by atoms with E-state index < -0.39 is 169 Å². The van der Waals surface area contributed by atoms with Crippen molar-refractivity contribution < 1.29 is 83.1 Å². The first-order valence-corrected chi connectivity index (χ1v) is 26.7. The Balaban J connectivity index is 2.15. The van der Waals surface area contributed by atoms with Crippen LogP contribution < -0.4 is 71.2 Å². The van der Waals surface area contributed by atoms with Gasteiger partial charge in [0.25, 0.3) is 0 Å². The van der Waals surface area contributed by atoms with Crippen molar-refractivity contribution in [2.24, 2.45) is 44.6 Å². The summed E-state index contributed by atoms with van der Waals surface area (Å²) in [5.41, 5.74) is 27.2. The highest BCUT2D eigenvalue weighted by molar-refractivity contribution is 5.99. The Bertz CT molecular complexity index is 2330. The smallest absolute Gasteiger partial charge is 0.326 e. The quantitative estimate of drug-likeness (QED) is 0.0162. The van der Waals surface area contributed by atoms with E-state index in [9.17, 15) is 78.0 Å². The van der Waals surface area contributed by atoms with Gasteiger partial charge >= 0.3 is 11.9 Å². The number of amides is 10. The Hall–Kier alpha value is -7.98. The van der Waals surface area contributed by atoms with Crippen LogP contribution in [0.4, 0.5) is 0 Å². The Labute approximate surface area is 472 Å². The summed E-state index contributed by atoms with van der Waals surface area (Å²) in [7, 11) is 0. The third kappa shape index (κ3) is 22.5. The van der Waals surface area contributed by atoms with Crippen LogP contribution in [0.25, 0.3) is 0 Å². The molecule has 0 spiro atoms. The fourth-order valence-corrected chi connectivity index (χ4v) is 8.72. The normalized spacial score (nSPS) is 18.8. The van der Waals surface area contributed by atoms with E-state index in [1.165, 1.54) is 18.7 Å². The predicted octanol–water partition coefficient (Wildman–Crippen LogP) is -8.71. The second-order valence-corrected chi connectivity index (χ2v) is 20.0. The number of carboxylic acids is 2. The van der Waals surface area contributed by atoms with Crippen LogP contribution >= 0.6 is 0 Å². The van der Waals surface area contributed by atoms with E-state index in [0.29, 0.717) is 19.3 Å². The van der Waals surface area contributed by atoms with Crippen LogP contribution in [0.3, 0.4) is 0 Å². The third-order valence-corrected chi connectivity index (χ3v) is 13.4. The summed E-state index contributed by atoms with van der Waals surface area (Å²) in [5.74, 6) is -13.1. The zero-order valence-electron chi connectivity index (χ0n) is 46.6. The molecule has 0 bridgehead atoms. The Morgan fingerprint density at radius 2 is 1.09 bits per heavy atom. The molecule has 0 unspecified atom stereocenters. The number of nitrogens with zero attached hydrogens (tertiary/aromatic N) is 4. The number of aliphatic hydroxyl groups is 3. The SMILES string of the molecule is CC[C@H](C)[C@H](NC(=O)[C@@H](NC(=O)[C@H](CCCN=C(N)N)NC(=O)[C@@H]1CCCN1C(=O)[C@@H]1CCCN1C(=O)[C@H](CO)NC(=O)CNC(=O)[C@H](C)NC(=O)[C@@H](NC(=O)[C@H](CCCN=C(N)N)NC(=O)[C@@H](N)CC(=O)O)[C@@H](C)O)[C@@H](C)O)C(=O)O. The fourth-order valence-electron chi connectivity index (χ4n) is 8.72. The molecule has 82 heavy (non-hydrogen) atoms. The van der Waals surface area contributed by atoms with Crippen molar-refractivity contribution in [3.8, 4) is 0 Å². The number of carbonyl (C=O) groups excluding carboxylic acids is 10. The van der Waals surface area contributed by atoms with Crippen LogP contribution in [0, 0.1) is 5.92 Å². The van der Waals surface area contributed by atoms with E-state index in [1.54, 1.807) is 13.8 Å². The molecule has 0 aromatic carbocycles. The fraction of sp³-hybridized carbons (Fsp3) is 0.708. The maximum atomic E-state index is 14.3. The van der Waals surface area contributed by atoms with Gasteiger partial charge in [-0.2, -0.15) is 0 Å². The van der Waals surface area contributed by atoms with Gasteiger partial charge in [0.15, 0.2) is 11.9 Å². The molecule has 0 radical (unpaired) electrons. The van der Waals surface area contributed by atoms with Crippen molar-refractivity contribution in [3.63, 3.8) is 0 Å². The summed E-state index contributed by atoms with van der Waals surface area (Å²) in [5, 5.41) is 68.7. The molecule has 0 aromatic rings. The second kappa shape index (κ2) is 34.3. The van der Waals surface area contributed by atoms with Gasteiger partial charge in [-0.25, -0.2) is 4.79 Å². The lowest BCUT2D eigenvalue weighted by atomic mass is 9.98. The Kier molecular flexibility index (Phi) is 29.4. The summed E-state index contributed by atoms with van der Waals surface area (Å²) < 4.78 is 0. The van der Waals surface area contributed by atoms with Gasteiger partial charge in [0.1, 0.15) is 54.4 Å². The number of carboxylic acid groups (broad SMARTS) is 2. The molecule has 2 heterocycles. The molecule has 0 aromatic heterocycles. The maximum absolute atomic E-state index is 14.3. The van der Waals surface area contributed by atoms with Gasteiger partial charge in [-0.3, -0.25) is 62.7 Å². The number of aliphatic imine (C=N–C) groups is 2. The van der Waals surface area contributed by atoms with Crippen LogP contribution in [-0.4, -0.2) is 230 Å². The summed E-state index contributed by atoms with van der Waals surface area (Å²) in [6.45, 7) is 5.18. The second-order valence-electron chi connectivity index (χ2n) is 20.0. The lowest BCUT2D eigenvalue weighted by Gasteiger charge is -2.33. The number of guanidine groups is 2. The molecule has 0 saturated carbocycles.